The van der Waals surface area contributed by atoms with Crippen molar-refractivity contribution in [2.75, 3.05) is 5.32 Å². The minimum atomic E-state index is 0.100. The van der Waals surface area contributed by atoms with Crippen LogP contribution >= 0.6 is 11.6 Å². The Morgan fingerprint density at radius 1 is 0.382 bits per heavy atom. The Bertz CT molecular complexity index is 3530. The molecule has 68 heavy (non-hydrogen) atoms. The first-order chi connectivity index (χ1) is 32.9. The lowest BCUT2D eigenvalue weighted by Crippen LogP contribution is -2.10. The van der Waals surface area contributed by atoms with Gasteiger partial charge in [0.05, 0.1) is 32.8 Å². The lowest BCUT2D eigenvalue weighted by molar-refractivity contribution is 0.488. The summed E-state index contributed by atoms with van der Waals surface area (Å²) in [5.41, 5.74) is 11.5. The van der Waals surface area contributed by atoms with E-state index in [1.165, 1.54) is 11.1 Å². The van der Waals surface area contributed by atoms with E-state index in [1.807, 2.05) is 91.0 Å². The van der Waals surface area contributed by atoms with Gasteiger partial charge in [-0.05, 0) is 107 Å². The Morgan fingerprint density at radius 3 is 1.24 bits per heavy atom. The SMILES string of the molecule is CC(C)(C)c1ccc(-n2c3ccccc3c3c(Oc4ccccc4)cc(Cl)cc32)cc1.CC(C)(C)c1ccc(-n2c3ccccc3c3c(Oc4ccccc4)cc(Nc4ccccc4)cc32)cc1. The highest BCUT2D eigenvalue weighted by molar-refractivity contribution is 6.32. The predicted molar refractivity (Wildman–Crippen MR) is 287 cm³/mol. The van der Waals surface area contributed by atoms with Crippen LogP contribution in [0.5, 0.6) is 23.0 Å². The second-order valence-corrected chi connectivity index (χ2v) is 19.7. The first-order valence-electron chi connectivity index (χ1n) is 23.2. The summed E-state index contributed by atoms with van der Waals surface area (Å²) >= 11 is 6.57. The number of rotatable bonds is 8. The minimum absolute atomic E-state index is 0.100. The summed E-state index contributed by atoms with van der Waals surface area (Å²) < 4.78 is 17.4. The lowest BCUT2D eigenvalue weighted by atomic mass is 9.87. The van der Waals surface area contributed by atoms with E-state index in [9.17, 15) is 0 Å². The molecular weight excluding hydrogens is 854 g/mol. The molecule has 2 aromatic heterocycles. The topological polar surface area (TPSA) is 40.4 Å². The summed E-state index contributed by atoms with van der Waals surface area (Å²) in [4.78, 5) is 0. The van der Waals surface area contributed by atoms with E-state index in [0.717, 1.165) is 89.4 Å². The third kappa shape index (κ3) is 8.93. The molecule has 0 aliphatic carbocycles. The molecule has 11 aromatic rings. The number of anilines is 2. The summed E-state index contributed by atoms with van der Waals surface area (Å²) in [5.74, 6) is 3.18. The van der Waals surface area contributed by atoms with Crippen LogP contribution < -0.4 is 14.8 Å². The molecule has 5 nitrogen and oxygen atoms in total. The number of halogens is 1. The van der Waals surface area contributed by atoms with E-state index in [-0.39, 0.29) is 10.8 Å². The number of para-hydroxylation sites is 5. The van der Waals surface area contributed by atoms with Crippen LogP contribution in [-0.4, -0.2) is 9.13 Å². The van der Waals surface area contributed by atoms with Crippen LogP contribution in [0.25, 0.3) is 55.0 Å². The van der Waals surface area contributed by atoms with Gasteiger partial charge >= 0.3 is 0 Å². The molecule has 0 aliphatic heterocycles. The summed E-state index contributed by atoms with van der Waals surface area (Å²) in [6.45, 7) is 13.4. The zero-order chi connectivity index (χ0) is 47.0. The molecule has 0 bridgehead atoms. The quantitative estimate of drug-likeness (QED) is 0.165. The predicted octanol–water partition coefficient (Wildman–Crippen LogP) is 18.1. The molecule has 6 heteroatoms. The lowest BCUT2D eigenvalue weighted by Gasteiger charge is -2.19. The first kappa shape index (κ1) is 44.1. The fourth-order valence-corrected chi connectivity index (χ4v) is 9.21. The van der Waals surface area contributed by atoms with Crippen molar-refractivity contribution < 1.29 is 9.47 Å². The molecule has 0 saturated carbocycles. The van der Waals surface area contributed by atoms with E-state index >= 15 is 0 Å². The zero-order valence-corrected chi connectivity index (χ0v) is 40.1. The second kappa shape index (κ2) is 18.2. The highest BCUT2D eigenvalue weighted by atomic mass is 35.5. The average molecular weight is 909 g/mol. The van der Waals surface area contributed by atoms with Gasteiger partial charge in [0.25, 0.3) is 0 Å². The number of hydrogen-bond acceptors (Lipinski definition) is 3. The van der Waals surface area contributed by atoms with Crippen LogP contribution in [0, 0.1) is 0 Å². The van der Waals surface area contributed by atoms with Gasteiger partial charge in [-0.1, -0.05) is 168 Å². The maximum atomic E-state index is 6.57. The van der Waals surface area contributed by atoms with E-state index in [1.54, 1.807) is 0 Å². The van der Waals surface area contributed by atoms with Crippen LogP contribution in [-0.2, 0) is 10.8 Å². The van der Waals surface area contributed by atoms with Crippen LogP contribution in [0.4, 0.5) is 11.4 Å². The third-order valence-corrected chi connectivity index (χ3v) is 12.6. The highest BCUT2D eigenvalue weighted by Gasteiger charge is 2.21. The molecule has 0 spiro atoms. The average Bonchev–Trinajstić information content (AvgIpc) is 3.85. The van der Waals surface area contributed by atoms with Crippen LogP contribution in [0.15, 0.2) is 212 Å². The van der Waals surface area contributed by atoms with Gasteiger partial charge in [0.1, 0.15) is 23.0 Å². The maximum absolute atomic E-state index is 6.57. The fraction of sp³-hybridized carbons (Fsp3) is 0.129. The van der Waals surface area contributed by atoms with Gasteiger partial charge in [0, 0.05) is 50.7 Å². The van der Waals surface area contributed by atoms with E-state index in [4.69, 9.17) is 21.1 Å². The number of ether oxygens (including phenoxy) is 2. The van der Waals surface area contributed by atoms with Gasteiger partial charge in [-0.15, -0.1) is 0 Å². The molecule has 0 amide bonds. The number of nitrogens with one attached hydrogen (secondary N) is 1. The molecule has 0 fully saturated rings. The van der Waals surface area contributed by atoms with E-state index in [0.29, 0.717) is 5.02 Å². The molecule has 2 heterocycles. The van der Waals surface area contributed by atoms with Crippen molar-refractivity contribution in [1.82, 2.24) is 9.13 Å². The Kier molecular flexibility index (Phi) is 11.8. The molecule has 0 saturated heterocycles. The molecule has 0 aliphatic rings. The molecule has 11 rings (SSSR count). The van der Waals surface area contributed by atoms with Gasteiger partial charge in [-0.3, -0.25) is 0 Å². The first-order valence-corrected chi connectivity index (χ1v) is 23.6. The minimum Gasteiger partial charge on any atom is -0.457 e. The number of fused-ring (bicyclic) bond motifs is 6. The number of aromatic nitrogens is 2. The monoisotopic (exact) mass is 907 g/mol. The van der Waals surface area contributed by atoms with E-state index < -0.39 is 0 Å². The smallest absolute Gasteiger partial charge is 0.139 e. The Morgan fingerprint density at radius 2 is 0.779 bits per heavy atom. The van der Waals surface area contributed by atoms with Crippen molar-refractivity contribution >= 4 is 66.6 Å². The van der Waals surface area contributed by atoms with Gasteiger partial charge in [0.15, 0.2) is 0 Å². The van der Waals surface area contributed by atoms with Crippen molar-refractivity contribution in [3.8, 4) is 34.4 Å². The Hall–Kier alpha value is -7.73. The van der Waals surface area contributed by atoms with Crippen LogP contribution in [0.1, 0.15) is 52.7 Å². The maximum Gasteiger partial charge on any atom is 0.139 e. The highest BCUT2D eigenvalue weighted by Crippen LogP contribution is 2.44. The standard InChI is InChI=1S/C34H30N2O.C28H24ClNO/c1-34(2,3)24-18-20-27(21-19-24)36-30-17-11-10-16-29(30)33-31(36)22-26(35-25-12-6-4-7-13-25)23-32(33)37-28-14-8-5-9-15-28;1-28(2,3)19-13-15-21(16-14-19)30-24-12-8-7-11-23(24)27-25(30)17-20(29)18-26(27)31-22-9-5-4-6-10-22/h4-23,35H,1-3H3;4-18H,1-3H3. The van der Waals surface area contributed by atoms with Crippen molar-refractivity contribution in [3.05, 3.63) is 228 Å². The second-order valence-electron chi connectivity index (χ2n) is 19.3. The van der Waals surface area contributed by atoms with Gasteiger partial charge < -0.3 is 23.9 Å². The Balaban J connectivity index is 0.000000161. The van der Waals surface area contributed by atoms with Crippen LogP contribution in [0.3, 0.4) is 0 Å². The molecule has 0 unspecified atom stereocenters. The zero-order valence-electron chi connectivity index (χ0n) is 39.3. The summed E-state index contributed by atoms with van der Waals surface area (Å²) in [5, 5.41) is 8.68. The van der Waals surface area contributed by atoms with Gasteiger partial charge in [-0.25, -0.2) is 0 Å². The summed E-state index contributed by atoms with van der Waals surface area (Å²) in [7, 11) is 0. The van der Waals surface area contributed by atoms with E-state index in [2.05, 4.69) is 177 Å². The van der Waals surface area contributed by atoms with Gasteiger partial charge in [-0.2, -0.15) is 0 Å². The Labute approximate surface area is 403 Å². The van der Waals surface area contributed by atoms with Crippen molar-refractivity contribution in [2.45, 2.75) is 52.4 Å². The van der Waals surface area contributed by atoms with Gasteiger partial charge in [0.2, 0.25) is 0 Å². The molecule has 336 valence electrons. The molecule has 1 N–H and O–H groups in total. The molecule has 9 aromatic carbocycles. The van der Waals surface area contributed by atoms with Crippen molar-refractivity contribution in [2.24, 2.45) is 0 Å². The number of nitrogens with zero attached hydrogens (tertiary/aromatic N) is 2. The van der Waals surface area contributed by atoms with Crippen molar-refractivity contribution in [1.29, 1.82) is 0 Å². The summed E-state index contributed by atoms with van der Waals surface area (Å²) in [6, 6.07) is 73.0. The molecule has 0 atom stereocenters. The summed E-state index contributed by atoms with van der Waals surface area (Å²) in [6.07, 6.45) is 0. The van der Waals surface area contributed by atoms with Crippen LogP contribution in [0.2, 0.25) is 5.02 Å². The molecular formula is C62H54ClN3O2. The molecule has 0 radical (unpaired) electrons. The largest absolute Gasteiger partial charge is 0.457 e. The normalized spacial score (nSPS) is 11.8. The number of hydrogen-bond donors (Lipinski definition) is 1. The third-order valence-electron chi connectivity index (χ3n) is 12.4. The van der Waals surface area contributed by atoms with Crippen molar-refractivity contribution in [3.63, 3.8) is 0 Å². The number of benzene rings is 9. The fourth-order valence-electron chi connectivity index (χ4n) is 9.01.